The van der Waals surface area contributed by atoms with Crippen LogP contribution in [0.3, 0.4) is 0 Å². The highest BCUT2D eigenvalue weighted by Crippen LogP contribution is 2.21. The van der Waals surface area contributed by atoms with Gasteiger partial charge >= 0.3 is 0 Å². The van der Waals surface area contributed by atoms with Crippen LogP contribution < -0.4 is 5.73 Å². The van der Waals surface area contributed by atoms with Gasteiger partial charge in [0.2, 0.25) is 0 Å². The van der Waals surface area contributed by atoms with Gasteiger partial charge in [0.1, 0.15) is 0 Å². The monoisotopic (exact) mass is 332 g/mol. The van der Waals surface area contributed by atoms with Gasteiger partial charge in [0.15, 0.2) is 9.84 Å². The molecule has 0 radical (unpaired) electrons. The number of hydrogen-bond acceptors (Lipinski definition) is 4. The Balaban J connectivity index is 0.00000220. The lowest BCUT2D eigenvalue weighted by Crippen LogP contribution is -2.41. The Morgan fingerprint density at radius 1 is 1.43 bits per heavy atom. The van der Waals surface area contributed by atoms with Crippen LogP contribution in [0.1, 0.15) is 30.1 Å². The molecule has 2 rings (SSSR count). The first kappa shape index (κ1) is 17.8. The fourth-order valence-corrected chi connectivity index (χ4v) is 4.28. The van der Waals surface area contributed by atoms with Gasteiger partial charge < -0.3 is 10.6 Å². The molecule has 1 atom stereocenters. The van der Waals surface area contributed by atoms with Crippen molar-refractivity contribution in [2.45, 2.75) is 25.8 Å². The molecule has 1 unspecified atom stereocenters. The molecule has 5 nitrogen and oxygen atoms in total. The molecule has 2 N–H and O–H groups in total. The van der Waals surface area contributed by atoms with Crippen molar-refractivity contribution in [3.63, 3.8) is 0 Å². The van der Waals surface area contributed by atoms with E-state index in [0.717, 1.165) is 6.42 Å². The van der Waals surface area contributed by atoms with Crippen molar-refractivity contribution in [2.75, 3.05) is 23.8 Å². The maximum atomic E-state index is 12.6. The molecule has 1 aliphatic heterocycles. The zero-order valence-corrected chi connectivity index (χ0v) is 13.6. The number of nitrogens with two attached hydrogens (primary N) is 1. The van der Waals surface area contributed by atoms with Gasteiger partial charge in [0.25, 0.3) is 5.91 Å². The highest BCUT2D eigenvalue weighted by Gasteiger charge is 2.34. The van der Waals surface area contributed by atoms with Crippen molar-refractivity contribution < 1.29 is 13.2 Å². The van der Waals surface area contributed by atoms with Crippen LogP contribution in [-0.2, 0) is 9.84 Å². The van der Waals surface area contributed by atoms with Gasteiger partial charge in [-0.2, -0.15) is 0 Å². The van der Waals surface area contributed by atoms with Crippen molar-refractivity contribution in [1.82, 2.24) is 4.90 Å². The normalized spacial score (nSPS) is 19.8. The molecule has 1 aliphatic rings. The van der Waals surface area contributed by atoms with E-state index in [-0.39, 0.29) is 35.9 Å². The van der Waals surface area contributed by atoms with Crippen molar-refractivity contribution in [2.24, 2.45) is 0 Å². The summed E-state index contributed by atoms with van der Waals surface area (Å²) >= 11 is 0. The Morgan fingerprint density at radius 3 is 2.67 bits per heavy atom. The molecule has 1 saturated heterocycles. The average molecular weight is 333 g/mol. The van der Waals surface area contributed by atoms with Gasteiger partial charge in [-0.25, -0.2) is 8.42 Å². The van der Waals surface area contributed by atoms with E-state index in [1.54, 1.807) is 29.2 Å². The third-order valence-electron chi connectivity index (χ3n) is 3.51. The first-order valence-electron chi connectivity index (χ1n) is 6.80. The topological polar surface area (TPSA) is 80.5 Å². The number of hydrogen-bond donors (Lipinski definition) is 1. The van der Waals surface area contributed by atoms with Gasteiger partial charge in [-0.05, 0) is 31.0 Å². The second kappa shape index (κ2) is 7.13. The Hall–Kier alpha value is -1.27. The number of benzene rings is 1. The van der Waals surface area contributed by atoms with Crippen LogP contribution in [0, 0.1) is 0 Å². The second-order valence-electron chi connectivity index (χ2n) is 5.18. The SMILES string of the molecule is CCCN(C(=O)c1cccc(N)c1)C1CCS(=O)(=O)C1.Cl. The first-order valence-corrected chi connectivity index (χ1v) is 8.62. The highest BCUT2D eigenvalue weighted by atomic mass is 35.5. The average Bonchev–Trinajstić information content (AvgIpc) is 2.75. The van der Waals surface area contributed by atoms with Crippen LogP contribution in [-0.4, -0.2) is 43.3 Å². The smallest absolute Gasteiger partial charge is 0.254 e. The van der Waals surface area contributed by atoms with E-state index in [1.807, 2.05) is 6.92 Å². The van der Waals surface area contributed by atoms with Gasteiger partial charge in [-0.1, -0.05) is 13.0 Å². The zero-order valence-electron chi connectivity index (χ0n) is 12.0. The van der Waals surface area contributed by atoms with E-state index in [1.165, 1.54) is 0 Å². The van der Waals surface area contributed by atoms with Crippen molar-refractivity contribution in [1.29, 1.82) is 0 Å². The fraction of sp³-hybridized carbons (Fsp3) is 0.500. The molecule has 0 aliphatic carbocycles. The lowest BCUT2D eigenvalue weighted by molar-refractivity contribution is 0.0697. The highest BCUT2D eigenvalue weighted by molar-refractivity contribution is 7.91. The molecule has 1 aromatic rings. The van der Waals surface area contributed by atoms with E-state index in [9.17, 15) is 13.2 Å². The van der Waals surface area contributed by atoms with Crippen LogP contribution >= 0.6 is 12.4 Å². The standard InChI is InChI=1S/C14H20N2O3S.ClH/c1-2-7-16(13-6-8-20(18,19)10-13)14(17)11-4-3-5-12(15)9-11;/h3-5,9,13H,2,6-8,10,15H2,1H3;1H. The summed E-state index contributed by atoms with van der Waals surface area (Å²) in [6.07, 6.45) is 1.32. The molecule has 7 heteroatoms. The van der Waals surface area contributed by atoms with Gasteiger partial charge in [-0.3, -0.25) is 4.79 Å². The Bertz CT molecular complexity index is 604. The Kier molecular flexibility index (Phi) is 6.04. The number of amides is 1. The van der Waals surface area contributed by atoms with E-state index in [0.29, 0.717) is 24.2 Å². The molecule has 1 aromatic carbocycles. The summed E-state index contributed by atoms with van der Waals surface area (Å²) in [6, 6.07) is 6.59. The molecule has 118 valence electrons. The maximum absolute atomic E-state index is 12.6. The number of sulfone groups is 1. The van der Waals surface area contributed by atoms with Crippen LogP contribution in [0.15, 0.2) is 24.3 Å². The van der Waals surface area contributed by atoms with E-state index >= 15 is 0 Å². The maximum Gasteiger partial charge on any atom is 0.254 e. The minimum absolute atomic E-state index is 0. The number of nitrogens with zero attached hydrogens (tertiary/aromatic N) is 1. The molecule has 0 bridgehead atoms. The number of anilines is 1. The largest absolute Gasteiger partial charge is 0.399 e. The lowest BCUT2D eigenvalue weighted by Gasteiger charge is -2.28. The fourth-order valence-electron chi connectivity index (χ4n) is 2.55. The molecule has 0 aromatic heterocycles. The van der Waals surface area contributed by atoms with E-state index in [2.05, 4.69) is 0 Å². The third-order valence-corrected chi connectivity index (χ3v) is 5.26. The molecule has 21 heavy (non-hydrogen) atoms. The van der Waals surface area contributed by atoms with Gasteiger partial charge in [-0.15, -0.1) is 12.4 Å². The third kappa shape index (κ3) is 4.35. The minimum Gasteiger partial charge on any atom is -0.399 e. The van der Waals surface area contributed by atoms with Crippen LogP contribution in [0.25, 0.3) is 0 Å². The minimum atomic E-state index is -3.00. The van der Waals surface area contributed by atoms with E-state index in [4.69, 9.17) is 5.73 Å². The lowest BCUT2D eigenvalue weighted by atomic mass is 10.1. The summed E-state index contributed by atoms with van der Waals surface area (Å²) < 4.78 is 23.2. The second-order valence-corrected chi connectivity index (χ2v) is 7.41. The van der Waals surface area contributed by atoms with Crippen molar-refractivity contribution >= 4 is 33.8 Å². The number of nitrogen functional groups attached to an aromatic ring is 1. The summed E-state index contributed by atoms with van der Waals surface area (Å²) in [5, 5.41) is 0. The molecular formula is C14H21ClN2O3S. The zero-order chi connectivity index (χ0) is 14.8. The summed E-state index contributed by atoms with van der Waals surface area (Å²) in [5.41, 5.74) is 6.75. The first-order chi connectivity index (χ1) is 9.43. The molecule has 1 amide bonds. The number of halogens is 1. The van der Waals surface area contributed by atoms with Crippen LogP contribution in [0.5, 0.6) is 0 Å². The van der Waals surface area contributed by atoms with Crippen molar-refractivity contribution in [3.8, 4) is 0 Å². The van der Waals surface area contributed by atoms with E-state index < -0.39 is 9.84 Å². The number of carbonyl (C=O) groups is 1. The number of carbonyl (C=O) groups excluding carboxylic acids is 1. The van der Waals surface area contributed by atoms with Crippen LogP contribution in [0.4, 0.5) is 5.69 Å². The Morgan fingerprint density at radius 2 is 2.14 bits per heavy atom. The summed E-state index contributed by atoms with van der Waals surface area (Å²) in [4.78, 5) is 14.2. The molecule has 1 heterocycles. The van der Waals surface area contributed by atoms with Gasteiger partial charge in [0.05, 0.1) is 11.5 Å². The quantitative estimate of drug-likeness (QED) is 0.851. The number of rotatable bonds is 4. The summed E-state index contributed by atoms with van der Waals surface area (Å²) in [5.74, 6) is 0.101. The molecule has 0 saturated carbocycles. The predicted octanol–water partition coefficient (Wildman–Crippen LogP) is 1.73. The Labute approximate surface area is 131 Å². The predicted molar refractivity (Wildman–Crippen MR) is 86.5 cm³/mol. The van der Waals surface area contributed by atoms with Crippen molar-refractivity contribution in [3.05, 3.63) is 29.8 Å². The molecular weight excluding hydrogens is 312 g/mol. The van der Waals surface area contributed by atoms with Crippen LogP contribution in [0.2, 0.25) is 0 Å². The molecule has 1 fully saturated rings. The van der Waals surface area contributed by atoms with Gasteiger partial charge in [0, 0.05) is 23.8 Å². The summed E-state index contributed by atoms with van der Waals surface area (Å²) in [6.45, 7) is 2.54. The molecule has 0 spiro atoms. The summed E-state index contributed by atoms with van der Waals surface area (Å²) in [7, 11) is -3.00.